The standard InChI is InChI=1S/C18H25N3O2S/c1-22-16-7-14(18(24-3)8-17(16)23-2)12-21-6-4-5-13(11-21)15-9-19-20-10-15/h7-10,13H,4-6,11-12H2,1-3H3,(H,19,20)/t13-/m0/s1. The topological polar surface area (TPSA) is 50.4 Å². The van der Waals surface area contributed by atoms with E-state index in [4.69, 9.17) is 9.47 Å². The van der Waals surface area contributed by atoms with E-state index < -0.39 is 0 Å². The molecule has 0 aliphatic carbocycles. The summed E-state index contributed by atoms with van der Waals surface area (Å²) in [4.78, 5) is 3.78. The normalized spacial score (nSPS) is 18.5. The number of methoxy groups -OCH3 is 2. The molecule has 3 rings (SSSR count). The quantitative estimate of drug-likeness (QED) is 0.810. The molecule has 6 heteroatoms. The van der Waals surface area contributed by atoms with Crippen LogP contribution in [0.5, 0.6) is 11.5 Å². The highest BCUT2D eigenvalue weighted by Crippen LogP contribution is 2.36. The second-order valence-corrected chi connectivity index (χ2v) is 6.97. The fraction of sp³-hybridized carbons (Fsp3) is 0.500. The van der Waals surface area contributed by atoms with E-state index in [0.29, 0.717) is 5.92 Å². The van der Waals surface area contributed by atoms with Crippen molar-refractivity contribution < 1.29 is 9.47 Å². The summed E-state index contributed by atoms with van der Waals surface area (Å²) < 4.78 is 10.9. The third-order valence-electron chi connectivity index (χ3n) is 4.68. The Balaban J connectivity index is 1.77. The largest absolute Gasteiger partial charge is 0.493 e. The predicted molar refractivity (Wildman–Crippen MR) is 97.2 cm³/mol. The van der Waals surface area contributed by atoms with Gasteiger partial charge in [0.25, 0.3) is 0 Å². The average molecular weight is 347 g/mol. The monoisotopic (exact) mass is 347 g/mol. The molecule has 2 aromatic rings. The number of thioether (sulfide) groups is 1. The second kappa shape index (κ2) is 7.94. The third kappa shape index (κ3) is 3.70. The molecule has 24 heavy (non-hydrogen) atoms. The Kier molecular flexibility index (Phi) is 5.68. The highest BCUT2D eigenvalue weighted by molar-refractivity contribution is 7.98. The van der Waals surface area contributed by atoms with Crippen molar-refractivity contribution in [1.29, 1.82) is 0 Å². The Hall–Kier alpha value is -1.66. The van der Waals surface area contributed by atoms with Gasteiger partial charge in [-0.25, -0.2) is 0 Å². The first-order valence-electron chi connectivity index (χ1n) is 8.25. The van der Waals surface area contributed by atoms with E-state index >= 15 is 0 Å². The Morgan fingerprint density at radius 1 is 1.29 bits per heavy atom. The molecule has 1 saturated heterocycles. The van der Waals surface area contributed by atoms with Crippen molar-refractivity contribution in [1.82, 2.24) is 15.1 Å². The van der Waals surface area contributed by atoms with Crippen molar-refractivity contribution in [2.24, 2.45) is 0 Å². The molecule has 1 fully saturated rings. The molecule has 0 bridgehead atoms. The number of ether oxygens (including phenoxy) is 2. The molecule has 1 aliphatic rings. The van der Waals surface area contributed by atoms with Gasteiger partial charge in [-0.1, -0.05) is 0 Å². The van der Waals surface area contributed by atoms with Crippen LogP contribution in [0.3, 0.4) is 0 Å². The molecule has 1 atom stereocenters. The first kappa shape index (κ1) is 17.2. The molecule has 0 unspecified atom stereocenters. The van der Waals surface area contributed by atoms with Crippen molar-refractivity contribution >= 4 is 11.8 Å². The molecule has 0 amide bonds. The summed E-state index contributed by atoms with van der Waals surface area (Å²) in [5.74, 6) is 2.16. The van der Waals surface area contributed by atoms with Crippen LogP contribution >= 0.6 is 11.8 Å². The van der Waals surface area contributed by atoms with Crippen molar-refractivity contribution in [3.05, 3.63) is 35.7 Å². The molecule has 1 N–H and O–H groups in total. The number of benzene rings is 1. The number of nitrogens with zero attached hydrogens (tertiary/aromatic N) is 2. The third-order valence-corrected chi connectivity index (χ3v) is 5.50. The molecular formula is C18H25N3O2S. The molecule has 0 radical (unpaired) electrons. The lowest BCUT2D eigenvalue weighted by Gasteiger charge is -2.32. The summed E-state index contributed by atoms with van der Waals surface area (Å²) in [7, 11) is 3.37. The Labute approximate surface area is 147 Å². The fourth-order valence-electron chi connectivity index (χ4n) is 3.41. The van der Waals surface area contributed by atoms with E-state index in [1.807, 2.05) is 12.4 Å². The zero-order valence-corrected chi connectivity index (χ0v) is 15.4. The maximum absolute atomic E-state index is 5.48. The number of aromatic nitrogens is 2. The maximum atomic E-state index is 5.48. The van der Waals surface area contributed by atoms with Crippen LogP contribution in [0.25, 0.3) is 0 Å². The molecule has 1 aliphatic heterocycles. The van der Waals surface area contributed by atoms with E-state index in [9.17, 15) is 0 Å². The van der Waals surface area contributed by atoms with Crippen LogP contribution in [0.2, 0.25) is 0 Å². The smallest absolute Gasteiger partial charge is 0.161 e. The summed E-state index contributed by atoms with van der Waals surface area (Å²) in [6, 6.07) is 4.20. The Bertz CT molecular complexity index is 661. The average Bonchev–Trinajstić information content (AvgIpc) is 3.16. The SMILES string of the molecule is COc1cc(CN2CCC[C@H](c3cn[nH]c3)C2)c(SC)cc1OC. The van der Waals surface area contributed by atoms with Gasteiger partial charge in [0.1, 0.15) is 0 Å². The predicted octanol–water partition coefficient (Wildman–Crippen LogP) is 3.53. The minimum Gasteiger partial charge on any atom is -0.493 e. The number of likely N-dealkylation sites (tertiary alicyclic amines) is 1. The summed E-state index contributed by atoms with van der Waals surface area (Å²) in [5, 5.41) is 7.03. The van der Waals surface area contributed by atoms with E-state index in [-0.39, 0.29) is 0 Å². The molecule has 2 heterocycles. The summed E-state index contributed by atoms with van der Waals surface area (Å²) in [6.07, 6.45) is 8.54. The van der Waals surface area contributed by atoms with E-state index in [2.05, 4.69) is 33.5 Å². The van der Waals surface area contributed by atoms with Crippen molar-refractivity contribution in [3.8, 4) is 11.5 Å². The molecule has 0 saturated carbocycles. The highest BCUT2D eigenvalue weighted by atomic mass is 32.2. The number of rotatable bonds is 6. The number of hydrogen-bond acceptors (Lipinski definition) is 5. The number of aromatic amines is 1. The van der Waals surface area contributed by atoms with Crippen LogP contribution in [0.4, 0.5) is 0 Å². The molecule has 1 aromatic carbocycles. The van der Waals surface area contributed by atoms with Crippen LogP contribution in [-0.2, 0) is 6.54 Å². The first-order chi connectivity index (χ1) is 11.7. The number of hydrogen-bond donors (Lipinski definition) is 1. The van der Waals surface area contributed by atoms with Crippen LogP contribution in [0, 0.1) is 0 Å². The minimum absolute atomic E-state index is 0.565. The lowest BCUT2D eigenvalue weighted by molar-refractivity contribution is 0.198. The van der Waals surface area contributed by atoms with Crippen LogP contribution in [-0.4, -0.2) is 48.7 Å². The van der Waals surface area contributed by atoms with Gasteiger partial charge < -0.3 is 9.47 Å². The van der Waals surface area contributed by atoms with Crippen LogP contribution in [0.15, 0.2) is 29.4 Å². The number of piperidine rings is 1. The maximum Gasteiger partial charge on any atom is 0.161 e. The number of nitrogens with one attached hydrogen (secondary N) is 1. The zero-order chi connectivity index (χ0) is 16.9. The Morgan fingerprint density at radius 3 is 2.75 bits per heavy atom. The minimum atomic E-state index is 0.565. The van der Waals surface area contributed by atoms with Gasteiger partial charge in [-0.2, -0.15) is 5.10 Å². The molecule has 1 aromatic heterocycles. The van der Waals surface area contributed by atoms with Gasteiger partial charge in [0.15, 0.2) is 11.5 Å². The van der Waals surface area contributed by atoms with Gasteiger partial charge in [-0.05, 0) is 54.8 Å². The Morgan fingerprint density at radius 2 is 2.08 bits per heavy atom. The summed E-state index contributed by atoms with van der Waals surface area (Å²) in [5.41, 5.74) is 2.62. The van der Waals surface area contributed by atoms with Gasteiger partial charge in [0, 0.05) is 24.2 Å². The van der Waals surface area contributed by atoms with Crippen LogP contribution in [0.1, 0.15) is 29.9 Å². The van der Waals surface area contributed by atoms with E-state index in [1.165, 1.54) is 28.9 Å². The second-order valence-electron chi connectivity index (χ2n) is 6.12. The number of H-pyrrole nitrogens is 1. The van der Waals surface area contributed by atoms with Crippen molar-refractivity contribution in [2.45, 2.75) is 30.2 Å². The molecule has 0 spiro atoms. The highest BCUT2D eigenvalue weighted by Gasteiger charge is 2.23. The van der Waals surface area contributed by atoms with Crippen molar-refractivity contribution in [3.63, 3.8) is 0 Å². The van der Waals surface area contributed by atoms with E-state index in [1.54, 1.807) is 26.0 Å². The lowest BCUT2D eigenvalue weighted by atomic mass is 9.92. The molecule has 130 valence electrons. The first-order valence-corrected chi connectivity index (χ1v) is 9.47. The lowest BCUT2D eigenvalue weighted by Crippen LogP contribution is -2.33. The van der Waals surface area contributed by atoms with Gasteiger partial charge in [0.05, 0.1) is 20.4 Å². The fourth-order valence-corrected chi connectivity index (χ4v) is 4.02. The summed E-state index contributed by atoms with van der Waals surface area (Å²) >= 11 is 1.75. The molecular weight excluding hydrogens is 322 g/mol. The summed E-state index contributed by atoms with van der Waals surface area (Å²) in [6.45, 7) is 3.14. The van der Waals surface area contributed by atoms with Gasteiger partial charge >= 0.3 is 0 Å². The molecule has 5 nitrogen and oxygen atoms in total. The van der Waals surface area contributed by atoms with Crippen molar-refractivity contribution in [2.75, 3.05) is 33.6 Å². The van der Waals surface area contributed by atoms with Crippen LogP contribution < -0.4 is 9.47 Å². The van der Waals surface area contributed by atoms with Gasteiger partial charge in [0.2, 0.25) is 0 Å². The zero-order valence-electron chi connectivity index (χ0n) is 14.5. The van der Waals surface area contributed by atoms with Gasteiger partial charge in [-0.3, -0.25) is 10.00 Å². The van der Waals surface area contributed by atoms with Gasteiger partial charge in [-0.15, -0.1) is 11.8 Å². The van der Waals surface area contributed by atoms with E-state index in [0.717, 1.165) is 31.1 Å².